The molecule has 0 saturated heterocycles. The van der Waals surface area contributed by atoms with E-state index in [9.17, 15) is 4.57 Å². The van der Waals surface area contributed by atoms with E-state index in [1.807, 2.05) is 0 Å². The van der Waals surface area contributed by atoms with Crippen LogP contribution in [-0.2, 0) is 22.7 Å². The van der Waals surface area contributed by atoms with E-state index in [0.29, 0.717) is 0 Å². The Balaban J connectivity index is 0. The molecule has 0 aromatic carbocycles. The Morgan fingerprint density at radius 1 is 0.640 bits per heavy atom. The summed E-state index contributed by atoms with van der Waals surface area (Å²) in [6.45, 7) is 0.0574. The van der Waals surface area contributed by atoms with Gasteiger partial charge in [0.15, 0.2) is 0 Å². The van der Waals surface area contributed by atoms with Crippen molar-refractivity contribution in [2.75, 3.05) is 19.8 Å². The number of phosphoric ester groups is 1. The van der Waals surface area contributed by atoms with Gasteiger partial charge in [0.25, 0.3) is 0 Å². The Labute approximate surface area is 175 Å². The van der Waals surface area contributed by atoms with Crippen molar-refractivity contribution in [3.63, 3.8) is 0 Å². The van der Waals surface area contributed by atoms with E-state index in [2.05, 4.69) is 0 Å². The van der Waals surface area contributed by atoms with E-state index in [1.54, 1.807) is 0 Å². The molecule has 8 nitrogen and oxygen atoms in total. The highest BCUT2D eigenvalue weighted by Crippen LogP contribution is 2.50. The van der Waals surface area contributed by atoms with E-state index < -0.39 is 30.2 Å². The van der Waals surface area contributed by atoms with Gasteiger partial charge in [-0.05, 0) is 0 Å². The van der Waals surface area contributed by atoms with Crippen molar-refractivity contribution >= 4 is 85.3 Å². The van der Waals surface area contributed by atoms with Crippen LogP contribution in [0.2, 0.25) is 0 Å². The molecule has 25 heavy (non-hydrogen) atoms. The molecule has 0 aliphatic rings. The lowest BCUT2D eigenvalue weighted by Gasteiger charge is -2.18. The van der Waals surface area contributed by atoms with Gasteiger partial charge in [-0.25, -0.2) is 9.13 Å². The zero-order chi connectivity index (χ0) is 20.1. The maximum absolute atomic E-state index is 12.2. The van der Waals surface area contributed by atoms with E-state index in [4.69, 9.17) is 102 Å². The molecule has 0 aromatic heterocycles. The molecule has 0 saturated carbocycles. The zero-order valence-corrected chi connectivity index (χ0v) is 18.8. The van der Waals surface area contributed by atoms with E-state index in [-0.39, 0.29) is 39.1 Å². The number of halogens is 6. The predicted octanol–water partition coefficient (Wildman–Crippen LogP) is 4.80. The van der Waals surface area contributed by atoms with E-state index in [1.165, 1.54) is 0 Å². The minimum atomic E-state index is -4.64. The van der Waals surface area contributed by atoms with Gasteiger partial charge in [0, 0.05) is 19.3 Å². The van der Waals surface area contributed by atoms with Crippen LogP contribution in [0.5, 0.6) is 0 Å². The molecule has 0 unspecified atom stereocenters. The van der Waals surface area contributed by atoms with Crippen molar-refractivity contribution < 1.29 is 37.4 Å². The van der Waals surface area contributed by atoms with Gasteiger partial charge in [-0.1, -0.05) is 0 Å². The van der Waals surface area contributed by atoms with Crippen molar-refractivity contribution in [1.82, 2.24) is 0 Å². The van der Waals surface area contributed by atoms with Crippen LogP contribution in [-0.4, -0.2) is 49.0 Å². The predicted molar refractivity (Wildman–Crippen MR) is 100 cm³/mol. The fourth-order valence-electron chi connectivity index (χ4n) is 0.873. The smallest absolute Gasteiger partial charge is 0.303 e. The normalized spacial score (nSPS) is 12.6. The highest BCUT2D eigenvalue weighted by atomic mass is 35.5. The summed E-state index contributed by atoms with van der Waals surface area (Å²) in [5, 5.41) is 0. The third-order valence-electron chi connectivity index (χ3n) is 1.76. The monoisotopic (exact) mass is 526 g/mol. The summed E-state index contributed by atoms with van der Waals surface area (Å²) in [5.41, 5.74) is 0. The summed E-state index contributed by atoms with van der Waals surface area (Å²) in [7, 11) is -8.38. The Hall–Kier alpha value is 1.96. The minimum absolute atomic E-state index is 0.0191. The Morgan fingerprint density at radius 3 is 1.00 bits per heavy atom. The van der Waals surface area contributed by atoms with Crippen LogP contribution < -0.4 is 0 Å². The fourth-order valence-corrected chi connectivity index (χ4v) is 2.62. The first-order valence-corrected chi connectivity index (χ1v) is 12.1. The number of alkyl halides is 6. The van der Waals surface area contributed by atoms with Gasteiger partial charge >= 0.3 is 15.6 Å². The molecule has 0 heterocycles. The van der Waals surface area contributed by atoms with Gasteiger partial charge in [0.2, 0.25) is 0 Å². The standard InChI is InChI=1S/C9H15Cl6O4P.H3O4P/c10-7(11)1-4-17-20(16,18-5-2-8(12)13)19-6-3-9(14)15;1-5(2,3)4/h7-9H,1-6H2;(H3,1,2,3,4). The zero-order valence-electron chi connectivity index (χ0n) is 12.5. The number of phosphoric acid groups is 2. The maximum atomic E-state index is 12.2. The average molecular weight is 529 g/mol. The lowest BCUT2D eigenvalue weighted by Crippen LogP contribution is -2.07. The second-order valence-electron chi connectivity index (χ2n) is 4.00. The van der Waals surface area contributed by atoms with Gasteiger partial charge in [-0.2, -0.15) is 0 Å². The molecule has 16 heteroatoms. The van der Waals surface area contributed by atoms with Crippen molar-refractivity contribution in [3.8, 4) is 0 Å². The molecule has 0 aromatic rings. The summed E-state index contributed by atoms with van der Waals surface area (Å²) >= 11 is 33.3. The first-order chi connectivity index (χ1) is 11.2. The van der Waals surface area contributed by atoms with Gasteiger partial charge < -0.3 is 14.7 Å². The van der Waals surface area contributed by atoms with Crippen LogP contribution in [0.15, 0.2) is 0 Å². The third kappa shape index (κ3) is 28.3. The van der Waals surface area contributed by atoms with Gasteiger partial charge in [0.05, 0.1) is 19.8 Å². The Kier molecular flexibility index (Phi) is 18.5. The van der Waals surface area contributed by atoms with Gasteiger partial charge in [-0.3, -0.25) is 13.6 Å². The highest BCUT2D eigenvalue weighted by Gasteiger charge is 2.27. The van der Waals surface area contributed by atoms with Crippen LogP contribution in [0.3, 0.4) is 0 Å². The molecule has 0 aliphatic heterocycles. The maximum Gasteiger partial charge on any atom is 0.474 e. The molecule has 0 fully saturated rings. The Morgan fingerprint density at radius 2 is 0.840 bits per heavy atom. The summed E-state index contributed by atoms with van der Waals surface area (Å²) in [5.74, 6) is 0. The largest absolute Gasteiger partial charge is 0.474 e. The number of hydrogen-bond donors (Lipinski definition) is 3. The average Bonchev–Trinajstić information content (AvgIpc) is 2.35. The van der Waals surface area contributed by atoms with Crippen molar-refractivity contribution in [2.45, 2.75) is 33.8 Å². The minimum Gasteiger partial charge on any atom is -0.303 e. The first-order valence-electron chi connectivity index (χ1n) is 6.41. The van der Waals surface area contributed by atoms with E-state index >= 15 is 0 Å². The first kappa shape index (κ1) is 29.2. The van der Waals surface area contributed by atoms with Crippen LogP contribution in [0.1, 0.15) is 19.3 Å². The summed E-state index contributed by atoms with van der Waals surface area (Å²) in [4.78, 5) is 19.7. The topological polar surface area (TPSA) is 123 Å². The molecule has 154 valence electrons. The van der Waals surface area contributed by atoms with Crippen LogP contribution in [0.4, 0.5) is 0 Å². The van der Waals surface area contributed by atoms with Gasteiger partial charge in [0.1, 0.15) is 14.5 Å². The lowest BCUT2D eigenvalue weighted by molar-refractivity contribution is 0.112. The second-order valence-corrected chi connectivity index (χ2v) is 10.5. The fraction of sp³-hybridized carbons (Fsp3) is 1.00. The molecule has 0 spiro atoms. The molecule has 3 N–H and O–H groups in total. The number of hydrogen-bond acceptors (Lipinski definition) is 5. The summed E-state index contributed by atoms with van der Waals surface area (Å²) in [6.07, 6.45) is 0.837. The van der Waals surface area contributed by atoms with E-state index in [0.717, 1.165) is 0 Å². The second kappa shape index (κ2) is 15.8. The number of rotatable bonds is 12. The molecule has 0 radical (unpaired) electrons. The van der Waals surface area contributed by atoms with Crippen molar-refractivity contribution in [3.05, 3.63) is 0 Å². The van der Waals surface area contributed by atoms with Crippen LogP contribution >= 0.6 is 85.3 Å². The molecule has 0 aliphatic carbocycles. The quantitative estimate of drug-likeness (QED) is 0.244. The van der Waals surface area contributed by atoms with Crippen LogP contribution in [0.25, 0.3) is 0 Å². The molecular weight excluding hydrogens is 511 g/mol. The molecule has 0 amide bonds. The van der Waals surface area contributed by atoms with Crippen molar-refractivity contribution in [2.24, 2.45) is 0 Å². The van der Waals surface area contributed by atoms with Gasteiger partial charge in [-0.15, -0.1) is 69.6 Å². The summed E-state index contributed by atoms with van der Waals surface area (Å²) < 4.78 is 36.3. The molecule has 0 bridgehead atoms. The Bertz CT molecular complexity index is 370. The SMILES string of the molecule is O=P(O)(O)O.O=P(OCCC(Cl)Cl)(OCCC(Cl)Cl)OCCC(Cl)Cl. The highest BCUT2D eigenvalue weighted by molar-refractivity contribution is 7.48. The van der Waals surface area contributed by atoms with Crippen molar-refractivity contribution in [1.29, 1.82) is 0 Å². The summed E-state index contributed by atoms with van der Waals surface area (Å²) in [6, 6.07) is 0. The lowest BCUT2D eigenvalue weighted by atomic mass is 10.5. The third-order valence-corrected chi connectivity index (χ3v) is 4.56. The molecule has 0 rings (SSSR count). The molecule has 0 atom stereocenters. The molecular formula is C9H18Cl6O8P2. The van der Waals surface area contributed by atoms with Crippen LogP contribution in [0, 0.1) is 0 Å².